The number of hydrogen-bond acceptors (Lipinski definition) is 4. The summed E-state index contributed by atoms with van der Waals surface area (Å²) in [4.78, 5) is 18.5. The molecule has 2 aromatic heterocycles. The van der Waals surface area contributed by atoms with Gasteiger partial charge in [0.2, 0.25) is 0 Å². The molecule has 1 amide bonds. The molecule has 1 unspecified atom stereocenters. The normalized spacial score (nSPS) is 17.4. The molecule has 1 aliphatic heterocycles. The molecule has 148 valence electrons. The molecular formula is C21H28N6O. The van der Waals surface area contributed by atoms with Crippen molar-refractivity contribution in [2.75, 3.05) is 20.1 Å². The fourth-order valence-electron chi connectivity index (χ4n) is 4.13. The van der Waals surface area contributed by atoms with Crippen molar-refractivity contribution in [3.05, 3.63) is 46.9 Å². The number of aromatic amines is 1. The number of aromatic nitrogens is 4. The highest BCUT2D eigenvalue weighted by atomic mass is 16.2. The number of aryl methyl sites for hydroxylation is 2. The monoisotopic (exact) mass is 380 g/mol. The molecule has 0 spiro atoms. The van der Waals surface area contributed by atoms with Crippen LogP contribution < -0.4 is 5.32 Å². The Morgan fingerprint density at radius 3 is 3.04 bits per heavy atom. The van der Waals surface area contributed by atoms with Gasteiger partial charge in [0.05, 0.1) is 5.69 Å². The predicted molar refractivity (Wildman–Crippen MR) is 109 cm³/mol. The predicted octanol–water partition coefficient (Wildman–Crippen LogP) is 2.65. The van der Waals surface area contributed by atoms with Crippen LogP contribution in [0.1, 0.15) is 40.2 Å². The molecular weight excluding hydrogens is 352 g/mol. The van der Waals surface area contributed by atoms with Crippen molar-refractivity contribution in [1.29, 1.82) is 0 Å². The third kappa shape index (κ3) is 3.67. The van der Waals surface area contributed by atoms with Gasteiger partial charge in [-0.25, -0.2) is 0 Å². The van der Waals surface area contributed by atoms with Crippen molar-refractivity contribution >= 4 is 16.8 Å². The lowest BCUT2D eigenvalue weighted by Gasteiger charge is -2.32. The minimum absolute atomic E-state index is 0.124. The van der Waals surface area contributed by atoms with Crippen LogP contribution in [0.5, 0.6) is 0 Å². The second-order valence-corrected chi connectivity index (χ2v) is 7.86. The van der Waals surface area contributed by atoms with Gasteiger partial charge in [-0.05, 0) is 63.4 Å². The number of carbonyl (C=O) groups is 1. The van der Waals surface area contributed by atoms with E-state index in [1.54, 1.807) is 0 Å². The summed E-state index contributed by atoms with van der Waals surface area (Å²) in [6.45, 7) is 7.27. The Morgan fingerprint density at radius 1 is 1.36 bits per heavy atom. The highest BCUT2D eigenvalue weighted by Crippen LogP contribution is 2.25. The first kappa shape index (κ1) is 18.7. The lowest BCUT2D eigenvalue weighted by molar-refractivity contribution is 0.0659. The van der Waals surface area contributed by atoms with Crippen LogP contribution in [-0.4, -0.2) is 50.9 Å². The van der Waals surface area contributed by atoms with E-state index in [0.29, 0.717) is 5.92 Å². The molecule has 28 heavy (non-hydrogen) atoms. The van der Waals surface area contributed by atoms with E-state index in [0.717, 1.165) is 66.9 Å². The lowest BCUT2D eigenvalue weighted by Crippen LogP contribution is -2.41. The Hall–Kier alpha value is -2.67. The first-order valence-corrected chi connectivity index (χ1v) is 9.97. The zero-order valence-corrected chi connectivity index (χ0v) is 16.8. The summed E-state index contributed by atoms with van der Waals surface area (Å²) in [6, 6.07) is 5.98. The minimum Gasteiger partial charge on any atom is -0.358 e. The van der Waals surface area contributed by atoms with Crippen LogP contribution in [0.25, 0.3) is 10.9 Å². The van der Waals surface area contributed by atoms with E-state index < -0.39 is 0 Å². The smallest absolute Gasteiger partial charge is 0.253 e. The number of rotatable bonds is 5. The Bertz CT molecular complexity index is 988. The van der Waals surface area contributed by atoms with Gasteiger partial charge in [-0.1, -0.05) is 5.21 Å². The minimum atomic E-state index is 0.124. The first-order valence-electron chi connectivity index (χ1n) is 9.97. The SMILES string of the molecule is CNCc1cn(CC2CCCN(C(=O)c3ccc4[nH]c(C)c(C)c4c3)C2)nn1. The molecule has 3 aromatic rings. The van der Waals surface area contributed by atoms with Gasteiger partial charge in [0.15, 0.2) is 0 Å². The van der Waals surface area contributed by atoms with Crippen LogP contribution in [0.2, 0.25) is 0 Å². The molecule has 1 fully saturated rings. The van der Waals surface area contributed by atoms with E-state index in [-0.39, 0.29) is 5.91 Å². The molecule has 1 aromatic carbocycles. The van der Waals surface area contributed by atoms with Gasteiger partial charge < -0.3 is 15.2 Å². The fourth-order valence-corrected chi connectivity index (χ4v) is 4.13. The lowest BCUT2D eigenvalue weighted by atomic mass is 9.97. The number of hydrogen-bond donors (Lipinski definition) is 2. The number of benzene rings is 1. The first-order chi connectivity index (χ1) is 13.5. The summed E-state index contributed by atoms with van der Waals surface area (Å²) in [7, 11) is 1.90. The van der Waals surface area contributed by atoms with Gasteiger partial charge in [-0.15, -0.1) is 5.10 Å². The topological polar surface area (TPSA) is 78.8 Å². The van der Waals surface area contributed by atoms with Crippen molar-refractivity contribution in [1.82, 2.24) is 30.2 Å². The standard InChI is InChI=1S/C21H28N6O/c1-14-15(2)23-20-7-6-17(9-19(14)20)21(28)26-8-4-5-16(11-26)12-27-13-18(10-22-3)24-25-27/h6-7,9,13,16,22-23H,4-5,8,10-12H2,1-3H3. The molecule has 7 heteroatoms. The molecule has 3 heterocycles. The largest absolute Gasteiger partial charge is 0.358 e. The van der Waals surface area contributed by atoms with Gasteiger partial charge in [0.25, 0.3) is 5.91 Å². The fraction of sp³-hybridized carbons (Fsp3) is 0.476. The summed E-state index contributed by atoms with van der Waals surface area (Å²) in [5.41, 5.74) is 5.17. The molecule has 1 atom stereocenters. The summed E-state index contributed by atoms with van der Waals surface area (Å²) in [6.07, 6.45) is 4.13. The highest BCUT2D eigenvalue weighted by Gasteiger charge is 2.25. The van der Waals surface area contributed by atoms with Gasteiger partial charge in [-0.3, -0.25) is 9.48 Å². The third-order valence-corrected chi connectivity index (χ3v) is 5.75. The third-order valence-electron chi connectivity index (χ3n) is 5.75. The molecule has 1 saturated heterocycles. The van der Waals surface area contributed by atoms with Gasteiger partial charge >= 0.3 is 0 Å². The van der Waals surface area contributed by atoms with Crippen molar-refractivity contribution in [2.24, 2.45) is 5.92 Å². The molecule has 2 N–H and O–H groups in total. The Balaban J connectivity index is 1.46. The van der Waals surface area contributed by atoms with Crippen LogP contribution in [0, 0.1) is 19.8 Å². The van der Waals surface area contributed by atoms with Crippen LogP contribution in [0.3, 0.4) is 0 Å². The molecule has 0 radical (unpaired) electrons. The quantitative estimate of drug-likeness (QED) is 0.713. The number of carbonyl (C=O) groups excluding carboxylic acids is 1. The summed E-state index contributed by atoms with van der Waals surface area (Å²) in [5, 5.41) is 12.6. The Labute approximate surface area is 165 Å². The van der Waals surface area contributed by atoms with Crippen molar-refractivity contribution in [3.63, 3.8) is 0 Å². The molecule has 7 nitrogen and oxygen atoms in total. The number of piperidine rings is 1. The number of nitrogens with one attached hydrogen (secondary N) is 2. The van der Waals surface area contributed by atoms with Crippen molar-refractivity contribution in [2.45, 2.75) is 39.8 Å². The van der Waals surface area contributed by atoms with Crippen LogP contribution in [-0.2, 0) is 13.1 Å². The number of amides is 1. The highest BCUT2D eigenvalue weighted by molar-refractivity contribution is 5.99. The summed E-state index contributed by atoms with van der Waals surface area (Å²) >= 11 is 0. The Kier molecular flexibility index (Phi) is 5.17. The zero-order valence-electron chi connectivity index (χ0n) is 16.8. The van der Waals surface area contributed by atoms with E-state index in [9.17, 15) is 4.79 Å². The molecule has 1 aliphatic rings. The van der Waals surface area contributed by atoms with E-state index in [1.165, 1.54) is 5.56 Å². The van der Waals surface area contributed by atoms with Gasteiger partial charge in [0.1, 0.15) is 0 Å². The molecule has 0 saturated carbocycles. The zero-order chi connectivity index (χ0) is 19.7. The average molecular weight is 380 g/mol. The maximum Gasteiger partial charge on any atom is 0.253 e. The summed E-state index contributed by atoms with van der Waals surface area (Å²) in [5.74, 6) is 0.529. The van der Waals surface area contributed by atoms with Crippen LogP contribution in [0.4, 0.5) is 0 Å². The van der Waals surface area contributed by atoms with E-state index >= 15 is 0 Å². The van der Waals surface area contributed by atoms with Gasteiger partial charge in [0, 0.05) is 54.5 Å². The number of fused-ring (bicyclic) bond motifs is 1. The average Bonchev–Trinajstić information content (AvgIpc) is 3.25. The number of likely N-dealkylation sites (tertiary alicyclic amines) is 1. The second kappa shape index (κ2) is 7.75. The summed E-state index contributed by atoms with van der Waals surface area (Å²) < 4.78 is 1.91. The number of H-pyrrole nitrogens is 1. The molecule has 0 aliphatic carbocycles. The maximum absolute atomic E-state index is 13.1. The van der Waals surface area contributed by atoms with Gasteiger partial charge in [-0.2, -0.15) is 0 Å². The van der Waals surface area contributed by atoms with Crippen LogP contribution >= 0.6 is 0 Å². The number of nitrogens with zero attached hydrogens (tertiary/aromatic N) is 4. The van der Waals surface area contributed by atoms with E-state index in [2.05, 4.69) is 34.5 Å². The molecule has 0 bridgehead atoms. The Morgan fingerprint density at radius 2 is 2.21 bits per heavy atom. The van der Waals surface area contributed by atoms with Crippen LogP contribution in [0.15, 0.2) is 24.4 Å². The van der Waals surface area contributed by atoms with Crippen molar-refractivity contribution in [3.8, 4) is 0 Å². The molecule has 4 rings (SSSR count). The second-order valence-electron chi connectivity index (χ2n) is 7.86. The van der Waals surface area contributed by atoms with E-state index in [4.69, 9.17) is 0 Å². The van der Waals surface area contributed by atoms with E-state index in [1.807, 2.05) is 41.0 Å². The van der Waals surface area contributed by atoms with Crippen molar-refractivity contribution < 1.29 is 4.79 Å². The maximum atomic E-state index is 13.1.